The molecule has 0 saturated carbocycles. The number of carbonyl (C=O) groups excluding carboxylic acids is 1. The first kappa shape index (κ1) is 25.0. The van der Waals surface area contributed by atoms with Crippen LogP contribution in [0.5, 0.6) is 0 Å². The Balaban J connectivity index is 1.57. The van der Waals surface area contributed by atoms with Gasteiger partial charge in [-0.2, -0.15) is 4.31 Å². The summed E-state index contributed by atoms with van der Waals surface area (Å²) in [6.07, 6.45) is 2.65. The van der Waals surface area contributed by atoms with E-state index in [1.54, 1.807) is 53.6 Å². The smallest absolute Gasteiger partial charge is 0.243 e. The van der Waals surface area contributed by atoms with Crippen LogP contribution in [0, 0.1) is 17.7 Å². The first-order chi connectivity index (χ1) is 16.7. The Labute approximate surface area is 206 Å². The van der Waals surface area contributed by atoms with Crippen molar-refractivity contribution in [1.29, 1.82) is 0 Å². The number of nitrogens with zero attached hydrogens (tertiary/aromatic N) is 3. The van der Waals surface area contributed by atoms with Crippen LogP contribution in [-0.4, -0.2) is 43.1 Å². The predicted octanol–water partition coefficient (Wildman–Crippen LogP) is 4.78. The second kappa shape index (κ2) is 10.7. The second-order valence-corrected chi connectivity index (χ2v) is 11.3. The Hall–Kier alpha value is -3.10. The molecule has 1 aromatic heterocycles. The van der Waals surface area contributed by atoms with Crippen molar-refractivity contribution in [3.05, 3.63) is 89.9 Å². The van der Waals surface area contributed by atoms with Crippen molar-refractivity contribution in [3.63, 3.8) is 0 Å². The summed E-state index contributed by atoms with van der Waals surface area (Å²) in [5.41, 5.74) is 1.15. The molecule has 1 aliphatic heterocycles. The van der Waals surface area contributed by atoms with E-state index in [9.17, 15) is 17.6 Å². The third kappa shape index (κ3) is 6.13. The molecule has 0 radical (unpaired) electrons. The number of halogens is 1. The van der Waals surface area contributed by atoms with E-state index < -0.39 is 10.0 Å². The molecule has 0 bridgehead atoms. The summed E-state index contributed by atoms with van der Waals surface area (Å²) in [4.78, 5) is 19.6. The molecule has 2 heterocycles. The Kier molecular flexibility index (Phi) is 7.62. The van der Waals surface area contributed by atoms with Gasteiger partial charge in [0.2, 0.25) is 10.0 Å². The molecule has 6 nitrogen and oxygen atoms in total. The maximum absolute atomic E-state index is 13.4. The van der Waals surface area contributed by atoms with Gasteiger partial charge in [-0.3, -0.25) is 4.79 Å². The van der Waals surface area contributed by atoms with Crippen molar-refractivity contribution in [2.75, 3.05) is 24.5 Å². The zero-order valence-corrected chi connectivity index (χ0v) is 20.8. The van der Waals surface area contributed by atoms with Crippen LogP contribution < -0.4 is 4.90 Å². The van der Waals surface area contributed by atoms with Crippen molar-refractivity contribution >= 4 is 21.6 Å². The minimum atomic E-state index is -3.70. The first-order valence-electron chi connectivity index (χ1n) is 11.8. The number of benzene rings is 2. The van der Waals surface area contributed by atoms with Crippen LogP contribution in [0.2, 0.25) is 0 Å². The van der Waals surface area contributed by atoms with Gasteiger partial charge in [-0.15, -0.1) is 0 Å². The molecule has 8 heteroatoms. The van der Waals surface area contributed by atoms with Gasteiger partial charge in [0.25, 0.3) is 0 Å². The number of hydrogen-bond acceptors (Lipinski definition) is 5. The van der Waals surface area contributed by atoms with Gasteiger partial charge in [-0.05, 0) is 60.2 Å². The monoisotopic (exact) mass is 495 g/mol. The van der Waals surface area contributed by atoms with Crippen molar-refractivity contribution in [2.45, 2.75) is 31.7 Å². The third-order valence-electron chi connectivity index (χ3n) is 6.22. The molecule has 3 aromatic rings. The molecule has 4 rings (SSSR count). The number of carbonyl (C=O) groups is 1. The Morgan fingerprint density at radius 2 is 1.74 bits per heavy atom. The van der Waals surface area contributed by atoms with E-state index >= 15 is 0 Å². The van der Waals surface area contributed by atoms with Crippen molar-refractivity contribution in [3.8, 4) is 0 Å². The molecule has 2 atom stereocenters. The molecular formula is C27H30FN3O3S. The van der Waals surface area contributed by atoms with Gasteiger partial charge in [0.15, 0.2) is 5.78 Å². The molecule has 0 amide bonds. The van der Waals surface area contributed by atoms with Crippen LogP contribution in [0.15, 0.2) is 77.8 Å². The van der Waals surface area contributed by atoms with Crippen molar-refractivity contribution in [1.82, 2.24) is 9.29 Å². The molecule has 1 saturated heterocycles. The summed E-state index contributed by atoms with van der Waals surface area (Å²) in [7, 11) is -3.70. The van der Waals surface area contributed by atoms with Crippen molar-refractivity contribution < 1.29 is 17.6 Å². The fourth-order valence-corrected chi connectivity index (χ4v) is 6.34. The highest BCUT2D eigenvalue weighted by molar-refractivity contribution is 7.89. The Morgan fingerprint density at radius 1 is 1.03 bits per heavy atom. The summed E-state index contributed by atoms with van der Waals surface area (Å²) >= 11 is 0. The lowest BCUT2D eigenvalue weighted by Crippen LogP contribution is -2.42. The Morgan fingerprint density at radius 3 is 2.40 bits per heavy atom. The average Bonchev–Trinajstić information content (AvgIpc) is 2.85. The molecule has 184 valence electrons. The highest BCUT2D eigenvalue weighted by Crippen LogP contribution is 2.27. The maximum Gasteiger partial charge on any atom is 0.243 e. The lowest BCUT2D eigenvalue weighted by atomic mass is 9.94. The maximum atomic E-state index is 13.4. The summed E-state index contributed by atoms with van der Waals surface area (Å²) in [5, 5.41) is 0. The molecule has 1 aliphatic rings. The molecule has 2 aromatic carbocycles. The molecular weight excluding hydrogens is 465 g/mol. The zero-order valence-electron chi connectivity index (χ0n) is 20.0. The van der Waals surface area contributed by atoms with E-state index in [2.05, 4.69) is 18.8 Å². The lowest BCUT2D eigenvalue weighted by Gasteiger charge is -2.34. The van der Waals surface area contributed by atoms with E-state index in [1.807, 2.05) is 6.07 Å². The number of pyridine rings is 1. The van der Waals surface area contributed by atoms with E-state index in [0.717, 1.165) is 12.0 Å². The zero-order chi connectivity index (χ0) is 25.0. The molecule has 0 aliphatic carbocycles. The predicted molar refractivity (Wildman–Crippen MR) is 134 cm³/mol. The molecule has 1 fully saturated rings. The third-order valence-corrected chi connectivity index (χ3v) is 8.05. The first-order valence-corrected chi connectivity index (χ1v) is 13.2. The van der Waals surface area contributed by atoms with Crippen LogP contribution in [0.3, 0.4) is 0 Å². The summed E-state index contributed by atoms with van der Waals surface area (Å²) < 4.78 is 41.5. The topological polar surface area (TPSA) is 70.6 Å². The van der Waals surface area contributed by atoms with E-state index in [0.29, 0.717) is 31.0 Å². The van der Waals surface area contributed by atoms with E-state index in [-0.39, 0.29) is 34.9 Å². The standard InChI is InChI=1S/C27H30FN3O3S/c1-20-14-21(2)17-31(16-20)35(33,34)25-7-5-6-23(15-25)26(32)19-30(27-8-3-4-13-29-27)18-22-9-11-24(28)12-10-22/h3-13,15,20-21H,14,16-19H2,1-2H3. The molecule has 2 unspecified atom stereocenters. The van der Waals surface area contributed by atoms with Crippen LogP contribution in [0.25, 0.3) is 0 Å². The normalized spacial score (nSPS) is 18.8. The van der Waals surface area contributed by atoms with Gasteiger partial charge < -0.3 is 4.90 Å². The van der Waals surface area contributed by atoms with E-state index in [1.165, 1.54) is 22.5 Å². The van der Waals surface area contributed by atoms with Crippen molar-refractivity contribution in [2.24, 2.45) is 11.8 Å². The molecule has 0 spiro atoms. The largest absolute Gasteiger partial charge is 0.345 e. The second-order valence-electron chi connectivity index (χ2n) is 9.39. The number of anilines is 1. The van der Waals surface area contributed by atoms with Gasteiger partial charge in [0.1, 0.15) is 11.6 Å². The fraction of sp³-hybridized carbons (Fsp3) is 0.333. The number of ketones is 1. The van der Waals surface area contributed by atoms with Gasteiger partial charge in [-0.25, -0.2) is 17.8 Å². The van der Waals surface area contributed by atoms with Gasteiger partial charge in [0.05, 0.1) is 11.4 Å². The number of piperidine rings is 1. The Bertz CT molecular complexity index is 1260. The highest BCUT2D eigenvalue weighted by Gasteiger charge is 2.32. The van der Waals surface area contributed by atoms with Gasteiger partial charge in [0, 0.05) is 31.4 Å². The number of hydrogen-bond donors (Lipinski definition) is 0. The number of rotatable bonds is 8. The summed E-state index contributed by atoms with van der Waals surface area (Å²) in [6.45, 7) is 5.43. The quantitative estimate of drug-likeness (QED) is 0.421. The number of Topliss-reactive ketones (excluding diaryl/α,β-unsaturated/α-hetero) is 1. The fourth-order valence-electron chi connectivity index (χ4n) is 4.61. The lowest BCUT2D eigenvalue weighted by molar-refractivity contribution is 0.0998. The number of sulfonamides is 1. The number of aromatic nitrogens is 1. The van der Waals surface area contributed by atoms with Crippen LogP contribution in [0.1, 0.15) is 36.2 Å². The average molecular weight is 496 g/mol. The van der Waals surface area contributed by atoms with Crippen LogP contribution in [0.4, 0.5) is 10.2 Å². The minimum absolute atomic E-state index is 0.00429. The molecule has 35 heavy (non-hydrogen) atoms. The summed E-state index contributed by atoms with van der Waals surface area (Å²) in [5.74, 6) is 0.624. The highest BCUT2D eigenvalue weighted by atomic mass is 32.2. The molecule has 0 N–H and O–H groups in total. The SMILES string of the molecule is CC1CC(C)CN(S(=O)(=O)c2cccc(C(=O)CN(Cc3ccc(F)cc3)c3ccccn3)c2)C1. The minimum Gasteiger partial charge on any atom is -0.345 e. The summed E-state index contributed by atoms with van der Waals surface area (Å²) in [6, 6.07) is 17.8. The van der Waals surface area contributed by atoms with Gasteiger partial charge >= 0.3 is 0 Å². The van der Waals surface area contributed by atoms with E-state index in [4.69, 9.17) is 0 Å². The van der Waals surface area contributed by atoms with Crippen LogP contribution >= 0.6 is 0 Å². The van der Waals surface area contributed by atoms with Crippen LogP contribution in [-0.2, 0) is 16.6 Å². The van der Waals surface area contributed by atoms with Gasteiger partial charge in [-0.1, -0.05) is 44.2 Å².